The fourth-order valence-electron chi connectivity index (χ4n) is 1.74. The maximum absolute atomic E-state index is 4.44. The topological polar surface area (TPSA) is 19.4 Å². The fraction of sp³-hybridized carbons (Fsp3) is 0.417. The molecular weight excluding hydrogens is 217 g/mol. The van der Waals surface area contributed by atoms with Gasteiger partial charge in [0.15, 0.2) is 0 Å². The molecule has 1 aromatic rings. The fourth-order valence-corrected chi connectivity index (χ4v) is 1.97. The van der Waals surface area contributed by atoms with Crippen molar-refractivity contribution >= 4 is 15.2 Å². The van der Waals surface area contributed by atoms with Gasteiger partial charge in [0.2, 0.25) is 0 Å². The number of hydrogen-bond acceptors (Lipinski definition) is 3. The minimum atomic E-state index is 0.982. The van der Waals surface area contributed by atoms with Gasteiger partial charge in [-0.1, -0.05) is 15.3 Å². The summed E-state index contributed by atoms with van der Waals surface area (Å²) >= 11 is 0. The van der Waals surface area contributed by atoms with E-state index in [1.165, 1.54) is 0 Å². The molecule has 0 spiro atoms. The normalized spacial score (nSPS) is 16.8. The molecule has 0 radical (unpaired) electrons. The summed E-state index contributed by atoms with van der Waals surface area (Å²) in [7, 11) is 2.75. The van der Waals surface area contributed by atoms with Crippen molar-refractivity contribution in [1.82, 2.24) is 9.65 Å². The van der Waals surface area contributed by atoms with Gasteiger partial charge in [-0.3, -0.25) is 4.67 Å². The van der Waals surface area contributed by atoms with E-state index in [1.807, 2.05) is 19.2 Å². The second-order valence-corrected chi connectivity index (χ2v) is 4.53. The van der Waals surface area contributed by atoms with Crippen molar-refractivity contribution in [3.8, 4) is 11.8 Å². The number of nitrogens with zero attached hydrogens (tertiary/aromatic N) is 3. The number of anilines is 1. The molecule has 1 aliphatic heterocycles. The molecule has 2 rings (SSSR count). The number of piperazine rings is 1. The molecule has 84 valence electrons. The Morgan fingerprint density at radius 1 is 1.25 bits per heavy atom. The number of aromatic nitrogens is 1. The zero-order valence-corrected chi connectivity index (χ0v) is 10.6. The van der Waals surface area contributed by atoms with Gasteiger partial charge in [0.05, 0.1) is 0 Å². The SMILES string of the molecule is CC#Cc1ccc(N2CCN(P)CC2)nc1. The molecule has 2 heterocycles. The van der Waals surface area contributed by atoms with Crippen LogP contribution in [-0.4, -0.2) is 35.8 Å². The molecular formula is C12H16N3P. The Labute approximate surface area is 99.1 Å². The van der Waals surface area contributed by atoms with E-state index in [0.29, 0.717) is 0 Å². The highest BCUT2D eigenvalue weighted by atomic mass is 31.0. The van der Waals surface area contributed by atoms with Crippen LogP contribution in [0.25, 0.3) is 0 Å². The Hall–Kier alpha value is -1.10. The van der Waals surface area contributed by atoms with Crippen molar-refractivity contribution in [3.05, 3.63) is 23.9 Å². The Morgan fingerprint density at radius 2 is 2.00 bits per heavy atom. The first-order chi connectivity index (χ1) is 7.79. The third-order valence-corrected chi connectivity index (χ3v) is 3.17. The summed E-state index contributed by atoms with van der Waals surface area (Å²) in [5, 5.41) is 0. The van der Waals surface area contributed by atoms with Crippen molar-refractivity contribution in [1.29, 1.82) is 0 Å². The summed E-state index contributed by atoms with van der Waals surface area (Å²) in [4.78, 5) is 6.75. The van der Waals surface area contributed by atoms with Crippen molar-refractivity contribution in [3.63, 3.8) is 0 Å². The quantitative estimate of drug-likeness (QED) is 0.539. The van der Waals surface area contributed by atoms with Gasteiger partial charge in [0, 0.05) is 37.9 Å². The van der Waals surface area contributed by atoms with E-state index >= 15 is 0 Å². The van der Waals surface area contributed by atoms with Crippen LogP contribution in [0.2, 0.25) is 0 Å². The molecule has 1 unspecified atom stereocenters. The molecule has 0 bridgehead atoms. The highest BCUT2D eigenvalue weighted by Crippen LogP contribution is 2.15. The molecule has 0 amide bonds. The lowest BCUT2D eigenvalue weighted by Crippen LogP contribution is -2.42. The maximum atomic E-state index is 4.44. The average molecular weight is 233 g/mol. The van der Waals surface area contributed by atoms with Crippen LogP contribution in [0.3, 0.4) is 0 Å². The lowest BCUT2D eigenvalue weighted by atomic mass is 10.2. The lowest BCUT2D eigenvalue weighted by molar-refractivity contribution is 0.427. The standard InChI is InChI=1S/C12H16N3P/c1-2-3-11-4-5-12(13-10-11)14-6-8-15(16)9-7-14/h4-5,10H,6-9,16H2,1H3. The van der Waals surface area contributed by atoms with E-state index in [9.17, 15) is 0 Å². The number of hydrogen-bond donors (Lipinski definition) is 0. The van der Waals surface area contributed by atoms with Gasteiger partial charge in [-0.25, -0.2) is 4.98 Å². The third kappa shape index (κ3) is 2.72. The molecule has 3 nitrogen and oxygen atoms in total. The minimum Gasteiger partial charge on any atom is -0.354 e. The van der Waals surface area contributed by atoms with Gasteiger partial charge in [-0.2, -0.15) is 0 Å². The number of pyridine rings is 1. The first kappa shape index (κ1) is 11.4. The monoisotopic (exact) mass is 233 g/mol. The highest BCUT2D eigenvalue weighted by Gasteiger charge is 2.14. The largest absolute Gasteiger partial charge is 0.354 e. The summed E-state index contributed by atoms with van der Waals surface area (Å²) in [6.07, 6.45) is 1.85. The van der Waals surface area contributed by atoms with Gasteiger partial charge < -0.3 is 4.90 Å². The summed E-state index contributed by atoms with van der Waals surface area (Å²) in [5.41, 5.74) is 0.982. The molecule has 0 saturated carbocycles. The zero-order valence-electron chi connectivity index (χ0n) is 9.48. The first-order valence-electron chi connectivity index (χ1n) is 5.43. The molecule has 1 atom stereocenters. The van der Waals surface area contributed by atoms with Crippen LogP contribution in [-0.2, 0) is 0 Å². The van der Waals surface area contributed by atoms with Crippen LogP contribution < -0.4 is 4.90 Å². The van der Waals surface area contributed by atoms with Gasteiger partial charge in [0.25, 0.3) is 0 Å². The van der Waals surface area contributed by atoms with Crippen LogP contribution >= 0.6 is 9.39 Å². The van der Waals surface area contributed by atoms with Gasteiger partial charge in [-0.05, 0) is 19.1 Å². The van der Waals surface area contributed by atoms with Crippen LogP contribution in [0.15, 0.2) is 18.3 Å². The maximum Gasteiger partial charge on any atom is 0.128 e. The molecule has 16 heavy (non-hydrogen) atoms. The van der Waals surface area contributed by atoms with Crippen molar-refractivity contribution in [2.75, 3.05) is 31.1 Å². The molecule has 1 aromatic heterocycles. The molecule has 0 aromatic carbocycles. The van der Waals surface area contributed by atoms with Crippen molar-refractivity contribution in [2.24, 2.45) is 0 Å². The van der Waals surface area contributed by atoms with E-state index in [4.69, 9.17) is 0 Å². The zero-order chi connectivity index (χ0) is 11.4. The van der Waals surface area contributed by atoms with E-state index in [2.05, 4.69) is 41.9 Å². The summed E-state index contributed by atoms with van der Waals surface area (Å²) in [6, 6.07) is 4.09. The highest BCUT2D eigenvalue weighted by molar-refractivity contribution is 7.13. The van der Waals surface area contributed by atoms with E-state index in [1.54, 1.807) is 0 Å². The van der Waals surface area contributed by atoms with Gasteiger partial charge in [0.1, 0.15) is 5.82 Å². The predicted octanol–water partition coefficient (Wildman–Crippen LogP) is 1.37. The van der Waals surface area contributed by atoms with Crippen molar-refractivity contribution in [2.45, 2.75) is 6.92 Å². The Balaban J connectivity index is 2.06. The summed E-state index contributed by atoms with van der Waals surface area (Å²) in [6.45, 7) is 6.06. The smallest absolute Gasteiger partial charge is 0.128 e. The van der Waals surface area contributed by atoms with E-state index in [-0.39, 0.29) is 0 Å². The third-order valence-electron chi connectivity index (χ3n) is 2.66. The Bertz CT molecular complexity index is 397. The molecule has 1 saturated heterocycles. The lowest BCUT2D eigenvalue weighted by Gasteiger charge is -2.32. The number of rotatable bonds is 1. The second-order valence-electron chi connectivity index (χ2n) is 3.80. The average Bonchev–Trinajstić information content (AvgIpc) is 2.32. The molecule has 1 aliphatic rings. The Kier molecular flexibility index (Phi) is 3.77. The van der Waals surface area contributed by atoms with E-state index in [0.717, 1.165) is 37.6 Å². The minimum absolute atomic E-state index is 0.982. The summed E-state index contributed by atoms with van der Waals surface area (Å²) < 4.78 is 2.26. The summed E-state index contributed by atoms with van der Waals surface area (Å²) in [5.74, 6) is 6.93. The van der Waals surface area contributed by atoms with Crippen LogP contribution in [0.1, 0.15) is 12.5 Å². The van der Waals surface area contributed by atoms with Gasteiger partial charge in [-0.15, -0.1) is 5.92 Å². The predicted molar refractivity (Wildman–Crippen MR) is 70.3 cm³/mol. The Morgan fingerprint density at radius 3 is 2.56 bits per heavy atom. The molecule has 0 N–H and O–H groups in total. The second kappa shape index (κ2) is 5.30. The van der Waals surface area contributed by atoms with Crippen molar-refractivity contribution < 1.29 is 0 Å². The molecule has 1 fully saturated rings. The van der Waals surface area contributed by atoms with E-state index < -0.39 is 0 Å². The molecule has 4 heteroatoms. The van der Waals surface area contributed by atoms with Crippen LogP contribution in [0.5, 0.6) is 0 Å². The van der Waals surface area contributed by atoms with Crippen LogP contribution in [0, 0.1) is 11.8 Å². The molecule has 0 aliphatic carbocycles. The van der Waals surface area contributed by atoms with Gasteiger partial charge >= 0.3 is 0 Å². The van der Waals surface area contributed by atoms with Crippen LogP contribution in [0.4, 0.5) is 5.82 Å². The first-order valence-corrected chi connectivity index (χ1v) is 5.94.